The number of carbonyl (C=O) groups excluding carboxylic acids is 2. The number of benzene rings is 1. The highest BCUT2D eigenvalue weighted by atomic mass is 35.5. The van der Waals surface area contributed by atoms with Crippen LogP contribution < -0.4 is 11.5 Å². The molecule has 1 fully saturated rings. The molecule has 4 N–H and O–H groups in total. The minimum Gasteiger partial charge on any atom is -0.368 e. The molecule has 0 saturated carbocycles. The Bertz CT molecular complexity index is 977. The molecule has 1 saturated heterocycles. The molecule has 0 bridgehead atoms. The minimum absolute atomic E-state index is 0. The molecule has 2 heterocycles. The van der Waals surface area contributed by atoms with Gasteiger partial charge in [-0.2, -0.15) is 0 Å². The first-order valence-electron chi connectivity index (χ1n) is 11.1. The number of nitrogens with two attached hydrogens (primary N) is 2. The summed E-state index contributed by atoms with van der Waals surface area (Å²) in [6, 6.07) is 7.79. The highest BCUT2D eigenvalue weighted by molar-refractivity contribution is 5.89. The molecule has 182 valence electrons. The maximum Gasteiger partial charge on any atom is 0.240 e. The van der Waals surface area contributed by atoms with Crippen molar-refractivity contribution in [3.63, 3.8) is 0 Å². The van der Waals surface area contributed by atoms with Crippen LogP contribution >= 0.6 is 24.8 Å². The van der Waals surface area contributed by atoms with Crippen LogP contribution in [0.15, 0.2) is 24.3 Å². The lowest BCUT2D eigenvalue weighted by Crippen LogP contribution is -2.44. The van der Waals surface area contributed by atoms with E-state index in [0.717, 1.165) is 46.5 Å². The van der Waals surface area contributed by atoms with Gasteiger partial charge in [0.25, 0.3) is 0 Å². The Labute approximate surface area is 209 Å². The van der Waals surface area contributed by atoms with E-state index in [1.807, 2.05) is 6.92 Å². The number of likely N-dealkylation sites (tertiary alicyclic amines) is 1. The minimum atomic E-state index is -0.516. The second-order valence-electron chi connectivity index (χ2n) is 8.97. The number of aromatic nitrogens is 1. The van der Waals surface area contributed by atoms with Gasteiger partial charge < -0.3 is 16.4 Å². The molecule has 0 unspecified atom stereocenters. The summed E-state index contributed by atoms with van der Waals surface area (Å²) in [5.41, 5.74) is 18.7. The van der Waals surface area contributed by atoms with E-state index in [1.54, 1.807) is 4.90 Å². The lowest BCUT2D eigenvalue weighted by molar-refractivity contribution is -0.136. The van der Waals surface area contributed by atoms with Crippen molar-refractivity contribution in [3.8, 4) is 11.1 Å². The van der Waals surface area contributed by atoms with E-state index in [1.165, 1.54) is 5.56 Å². The van der Waals surface area contributed by atoms with E-state index in [-0.39, 0.29) is 37.1 Å². The predicted molar refractivity (Wildman–Crippen MR) is 138 cm³/mol. The molecule has 1 aromatic carbocycles. The topological polar surface area (TPSA) is 102 Å². The number of pyridine rings is 1. The van der Waals surface area contributed by atoms with Crippen molar-refractivity contribution >= 4 is 36.6 Å². The van der Waals surface area contributed by atoms with Gasteiger partial charge in [-0.05, 0) is 61.3 Å². The lowest BCUT2D eigenvalue weighted by Gasteiger charge is -2.25. The normalized spacial score (nSPS) is 15.2. The van der Waals surface area contributed by atoms with Crippen LogP contribution in [0, 0.1) is 19.8 Å². The molecule has 1 aromatic heterocycles. The van der Waals surface area contributed by atoms with Crippen molar-refractivity contribution in [3.05, 3.63) is 52.3 Å². The predicted octanol–water partition coefficient (Wildman–Crippen LogP) is 3.89. The molecular weight excluding hydrogens is 459 g/mol. The Morgan fingerprint density at radius 1 is 1.12 bits per heavy atom. The average Bonchev–Trinajstić information content (AvgIpc) is 3.20. The molecule has 0 radical (unpaired) electrons. The number of primary amides is 1. The van der Waals surface area contributed by atoms with Crippen LogP contribution in [0.5, 0.6) is 0 Å². The Morgan fingerprint density at radius 3 is 2.30 bits per heavy atom. The summed E-state index contributed by atoms with van der Waals surface area (Å²) in [5.74, 6) is -0.0787. The lowest BCUT2D eigenvalue weighted by atomic mass is 9.88. The summed E-state index contributed by atoms with van der Waals surface area (Å²) in [5, 5.41) is 0. The Kier molecular flexibility index (Phi) is 10.8. The molecule has 0 aliphatic carbocycles. The average molecular weight is 495 g/mol. The van der Waals surface area contributed by atoms with Gasteiger partial charge in [-0.25, -0.2) is 0 Å². The monoisotopic (exact) mass is 494 g/mol. The number of carbonyl (C=O) groups is 2. The van der Waals surface area contributed by atoms with Crippen LogP contribution in [0.1, 0.15) is 54.8 Å². The highest BCUT2D eigenvalue weighted by Crippen LogP contribution is 2.33. The van der Waals surface area contributed by atoms with Crippen LogP contribution in [0.4, 0.5) is 0 Å². The fraction of sp³-hybridized carbons (Fsp3) is 0.480. The fourth-order valence-electron chi connectivity index (χ4n) is 4.52. The second kappa shape index (κ2) is 12.4. The fourth-order valence-corrected chi connectivity index (χ4v) is 4.52. The zero-order chi connectivity index (χ0) is 22.7. The van der Waals surface area contributed by atoms with Gasteiger partial charge >= 0.3 is 0 Å². The van der Waals surface area contributed by atoms with E-state index in [4.69, 9.17) is 16.5 Å². The van der Waals surface area contributed by atoms with Crippen LogP contribution in [-0.2, 0) is 29.0 Å². The Balaban J connectivity index is 0.00000272. The van der Waals surface area contributed by atoms with E-state index in [9.17, 15) is 9.59 Å². The maximum absolute atomic E-state index is 13.2. The van der Waals surface area contributed by atoms with Crippen molar-refractivity contribution in [1.82, 2.24) is 9.88 Å². The standard InChI is InChI=1S/C25H34N4O2.2ClH/c1-15(2)12-21-20(14-26)24(18-9-7-16(3)8-10-18)19(17(4)28-21)13-23(30)29-11-5-6-22(29)25(27)31;;/h7-10,15,22H,5-6,11-14,26H2,1-4H3,(H2,27,31);2*1H/t22-;;/m1../s1. The van der Waals surface area contributed by atoms with Gasteiger partial charge in [0.1, 0.15) is 6.04 Å². The molecule has 1 aliphatic rings. The summed E-state index contributed by atoms with van der Waals surface area (Å²) < 4.78 is 0. The van der Waals surface area contributed by atoms with Crippen LogP contribution in [-0.4, -0.2) is 34.3 Å². The molecule has 2 aromatic rings. The summed E-state index contributed by atoms with van der Waals surface area (Å²) >= 11 is 0. The first-order chi connectivity index (χ1) is 14.7. The third-order valence-corrected chi connectivity index (χ3v) is 6.07. The SMILES string of the molecule is Cc1ccc(-c2c(CC(=O)N3CCC[C@@H]3C(N)=O)c(C)nc(CC(C)C)c2CN)cc1.Cl.Cl. The van der Waals surface area contributed by atoms with Crippen molar-refractivity contribution in [2.75, 3.05) is 6.54 Å². The summed E-state index contributed by atoms with van der Waals surface area (Å²) in [6.45, 7) is 9.26. The number of halogens is 2. The van der Waals surface area contributed by atoms with E-state index in [2.05, 4.69) is 45.0 Å². The second-order valence-corrected chi connectivity index (χ2v) is 8.97. The van der Waals surface area contributed by atoms with Crippen molar-refractivity contribution in [1.29, 1.82) is 0 Å². The summed E-state index contributed by atoms with van der Waals surface area (Å²) in [7, 11) is 0. The van der Waals surface area contributed by atoms with Gasteiger partial charge in [0.15, 0.2) is 0 Å². The summed E-state index contributed by atoms with van der Waals surface area (Å²) in [4.78, 5) is 31.6. The van der Waals surface area contributed by atoms with Crippen molar-refractivity contribution in [2.24, 2.45) is 17.4 Å². The van der Waals surface area contributed by atoms with Crippen molar-refractivity contribution in [2.45, 2.75) is 66.0 Å². The molecule has 1 atom stereocenters. The molecule has 33 heavy (non-hydrogen) atoms. The third-order valence-electron chi connectivity index (χ3n) is 6.07. The van der Waals surface area contributed by atoms with E-state index < -0.39 is 11.9 Å². The van der Waals surface area contributed by atoms with Crippen LogP contribution in [0.25, 0.3) is 11.1 Å². The van der Waals surface area contributed by atoms with Crippen LogP contribution in [0.3, 0.4) is 0 Å². The van der Waals surface area contributed by atoms with Gasteiger partial charge in [0, 0.05) is 24.5 Å². The summed E-state index contributed by atoms with van der Waals surface area (Å²) in [6.07, 6.45) is 2.43. The number of rotatable bonds is 7. The number of hydrogen-bond donors (Lipinski definition) is 2. The largest absolute Gasteiger partial charge is 0.368 e. The Hall–Kier alpha value is -2.15. The van der Waals surface area contributed by atoms with Gasteiger partial charge in [-0.15, -0.1) is 24.8 Å². The molecule has 8 heteroatoms. The van der Waals surface area contributed by atoms with E-state index >= 15 is 0 Å². The molecule has 1 aliphatic heterocycles. The molecule has 2 amide bonds. The van der Waals surface area contributed by atoms with Gasteiger partial charge in [-0.1, -0.05) is 43.7 Å². The molecular formula is C25H36Cl2N4O2. The number of amides is 2. The first-order valence-corrected chi connectivity index (χ1v) is 11.1. The van der Waals surface area contributed by atoms with Crippen LogP contribution in [0.2, 0.25) is 0 Å². The van der Waals surface area contributed by atoms with E-state index in [0.29, 0.717) is 25.4 Å². The highest BCUT2D eigenvalue weighted by Gasteiger charge is 2.33. The third kappa shape index (κ3) is 6.46. The molecule has 0 spiro atoms. The van der Waals surface area contributed by atoms with Crippen molar-refractivity contribution < 1.29 is 9.59 Å². The number of aryl methyl sites for hydroxylation is 2. The maximum atomic E-state index is 13.2. The zero-order valence-corrected chi connectivity index (χ0v) is 21.5. The zero-order valence-electron chi connectivity index (χ0n) is 19.9. The first kappa shape index (κ1) is 28.9. The smallest absolute Gasteiger partial charge is 0.240 e. The Morgan fingerprint density at radius 2 is 1.76 bits per heavy atom. The number of nitrogens with zero attached hydrogens (tertiary/aromatic N) is 2. The quantitative estimate of drug-likeness (QED) is 0.609. The van der Waals surface area contributed by atoms with Gasteiger partial charge in [0.05, 0.1) is 6.42 Å². The van der Waals surface area contributed by atoms with Gasteiger partial charge in [0.2, 0.25) is 11.8 Å². The molecule has 3 rings (SSSR count). The number of hydrogen-bond acceptors (Lipinski definition) is 4. The molecule has 6 nitrogen and oxygen atoms in total. The van der Waals surface area contributed by atoms with Gasteiger partial charge in [-0.3, -0.25) is 14.6 Å².